The maximum atomic E-state index is 12.5. The number of hydrogen-bond acceptors (Lipinski definition) is 6. The summed E-state index contributed by atoms with van der Waals surface area (Å²) in [5.41, 5.74) is 1.44. The molecule has 2 N–H and O–H groups in total. The van der Waals surface area contributed by atoms with Crippen molar-refractivity contribution in [2.24, 2.45) is 0 Å². The van der Waals surface area contributed by atoms with Gasteiger partial charge in [-0.25, -0.2) is 35.6 Å². The molecule has 2 aromatic carbocycles. The van der Waals surface area contributed by atoms with Crippen molar-refractivity contribution in [1.82, 2.24) is 29.0 Å². The van der Waals surface area contributed by atoms with Gasteiger partial charge >= 0.3 is 0 Å². The van der Waals surface area contributed by atoms with Crippen LogP contribution >= 0.6 is 0 Å². The van der Waals surface area contributed by atoms with Crippen LogP contribution in [0.15, 0.2) is 95.2 Å². The summed E-state index contributed by atoms with van der Waals surface area (Å²) >= 11 is 0. The first kappa shape index (κ1) is 21.9. The van der Waals surface area contributed by atoms with Gasteiger partial charge in [0.05, 0.1) is 36.2 Å². The summed E-state index contributed by atoms with van der Waals surface area (Å²) in [5, 5.41) is 8.13. The van der Waals surface area contributed by atoms with Gasteiger partial charge in [0.25, 0.3) is 0 Å². The molecule has 0 fully saturated rings. The van der Waals surface area contributed by atoms with E-state index < -0.39 is 20.0 Å². The van der Waals surface area contributed by atoms with Gasteiger partial charge in [0.2, 0.25) is 20.0 Å². The van der Waals surface area contributed by atoms with Crippen molar-refractivity contribution in [3.8, 4) is 11.4 Å². The van der Waals surface area contributed by atoms with Crippen LogP contribution in [-0.2, 0) is 20.0 Å². The predicted molar refractivity (Wildman–Crippen MR) is 118 cm³/mol. The van der Waals surface area contributed by atoms with Crippen LogP contribution in [0, 0.1) is 0 Å². The van der Waals surface area contributed by atoms with Crippen LogP contribution in [0.4, 0.5) is 0 Å². The van der Waals surface area contributed by atoms with Crippen LogP contribution in [0.3, 0.4) is 0 Å². The van der Waals surface area contributed by atoms with E-state index in [0.29, 0.717) is 0 Å². The Labute approximate surface area is 185 Å². The minimum Gasteiger partial charge on any atom is -0.240 e. The Balaban J connectivity index is 1.34. The topological polar surface area (TPSA) is 128 Å². The number of aromatic nitrogens is 4. The molecule has 2 heterocycles. The lowest BCUT2D eigenvalue weighted by Gasteiger charge is -2.06. The van der Waals surface area contributed by atoms with Crippen LogP contribution in [0.2, 0.25) is 0 Å². The van der Waals surface area contributed by atoms with Crippen molar-refractivity contribution in [3.05, 3.63) is 85.5 Å². The molecule has 0 spiro atoms. The molecule has 0 unspecified atom stereocenters. The lowest BCUT2D eigenvalue weighted by Crippen LogP contribution is -2.34. The van der Waals surface area contributed by atoms with E-state index in [0.717, 1.165) is 11.4 Å². The minimum atomic E-state index is -3.85. The second kappa shape index (κ2) is 9.04. The maximum absolute atomic E-state index is 12.5. The Hall–Kier alpha value is -3.32. The molecule has 32 heavy (non-hydrogen) atoms. The first-order valence-electron chi connectivity index (χ1n) is 9.55. The van der Waals surface area contributed by atoms with Crippen molar-refractivity contribution in [1.29, 1.82) is 0 Å². The molecular formula is C20H20N6O4S2. The van der Waals surface area contributed by atoms with Gasteiger partial charge in [-0.15, -0.1) is 0 Å². The molecule has 166 valence electrons. The van der Waals surface area contributed by atoms with E-state index in [2.05, 4.69) is 19.6 Å². The third-order valence-electron chi connectivity index (χ3n) is 4.49. The number of rotatable bonds is 9. The molecule has 0 radical (unpaired) electrons. The Bertz CT molecular complexity index is 1290. The van der Waals surface area contributed by atoms with Gasteiger partial charge in [-0.3, -0.25) is 0 Å². The fourth-order valence-electron chi connectivity index (χ4n) is 2.87. The van der Waals surface area contributed by atoms with Gasteiger partial charge in [0.1, 0.15) is 9.79 Å². The highest BCUT2D eigenvalue weighted by Crippen LogP contribution is 2.13. The van der Waals surface area contributed by atoms with Gasteiger partial charge in [-0.05, 0) is 24.3 Å². The van der Waals surface area contributed by atoms with E-state index in [-0.39, 0.29) is 22.9 Å². The van der Waals surface area contributed by atoms with Crippen LogP contribution in [0.25, 0.3) is 11.4 Å². The minimum absolute atomic E-state index is 0.0200. The maximum Gasteiger partial charge on any atom is 0.243 e. The first-order valence-corrected chi connectivity index (χ1v) is 12.5. The SMILES string of the molecule is O=S(=O)(NCCNS(=O)(=O)c1cnn(-c2ccccc2)c1)c1cnn(-c2ccccc2)c1. The molecule has 0 atom stereocenters. The standard InChI is InChI=1S/C20H20N6O4S2/c27-31(28,19-13-21-25(15-19)17-7-3-1-4-8-17)23-11-12-24-32(29,30)20-14-22-26(16-20)18-9-5-2-6-10-18/h1-10,13-16,23-24H,11-12H2. The first-order chi connectivity index (χ1) is 15.4. The van der Waals surface area contributed by atoms with Crippen LogP contribution in [0.5, 0.6) is 0 Å². The van der Waals surface area contributed by atoms with Gasteiger partial charge in [0.15, 0.2) is 0 Å². The summed E-state index contributed by atoms with van der Waals surface area (Å²) in [4.78, 5) is -0.0401. The molecule has 12 heteroatoms. The number of para-hydroxylation sites is 2. The Morgan fingerprint density at radius 2 is 1.00 bits per heavy atom. The lowest BCUT2D eigenvalue weighted by molar-refractivity contribution is 0.570. The van der Waals surface area contributed by atoms with Crippen LogP contribution in [0.1, 0.15) is 0 Å². The fourth-order valence-corrected chi connectivity index (χ4v) is 4.80. The third kappa shape index (κ3) is 4.94. The molecule has 0 aliphatic carbocycles. The molecule has 0 aliphatic rings. The lowest BCUT2D eigenvalue weighted by atomic mass is 10.3. The van der Waals surface area contributed by atoms with Crippen molar-refractivity contribution in [2.45, 2.75) is 9.79 Å². The summed E-state index contributed by atoms with van der Waals surface area (Å²) in [6.45, 7) is -0.268. The molecular weight excluding hydrogens is 452 g/mol. The Kier molecular flexibility index (Phi) is 6.19. The molecule has 0 saturated carbocycles. The largest absolute Gasteiger partial charge is 0.243 e. The van der Waals surface area contributed by atoms with Gasteiger partial charge < -0.3 is 0 Å². The fraction of sp³-hybridized carbons (Fsp3) is 0.100. The quantitative estimate of drug-likeness (QED) is 0.354. The van der Waals surface area contributed by atoms with Crippen LogP contribution < -0.4 is 9.44 Å². The normalized spacial score (nSPS) is 12.1. The number of sulfonamides is 2. The van der Waals surface area contributed by atoms with Crippen molar-refractivity contribution in [2.75, 3.05) is 13.1 Å². The number of hydrogen-bond donors (Lipinski definition) is 2. The Morgan fingerprint density at radius 3 is 1.38 bits per heavy atom. The van der Waals surface area contributed by atoms with Gasteiger partial charge in [-0.2, -0.15) is 10.2 Å². The second-order valence-corrected chi connectivity index (χ2v) is 10.2. The predicted octanol–water partition coefficient (Wildman–Crippen LogP) is 1.31. The van der Waals surface area contributed by atoms with E-state index in [9.17, 15) is 16.8 Å². The smallest absolute Gasteiger partial charge is 0.240 e. The number of benzene rings is 2. The van der Waals surface area contributed by atoms with Crippen molar-refractivity contribution in [3.63, 3.8) is 0 Å². The average molecular weight is 473 g/mol. The van der Waals surface area contributed by atoms with E-state index in [1.54, 1.807) is 24.3 Å². The van der Waals surface area contributed by atoms with E-state index >= 15 is 0 Å². The summed E-state index contributed by atoms with van der Waals surface area (Å²) in [6.07, 6.45) is 5.24. The summed E-state index contributed by atoms with van der Waals surface area (Å²) < 4.78 is 57.5. The highest BCUT2D eigenvalue weighted by atomic mass is 32.2. The molecule has 0 saturated heterocycles. The van der Waals surface area contributed by atoms with Gasteiger partial charge in [-0.1, -0.05) is 36.4 Å². The van der Waals surface area contributed by atoms with E-state index in [4.69, 9.17) is 0 Å². The highest BCUT2D eigenvalue weighted by molar-refractivity contribution is 7.89. The summed E-state index contributed by atoms with van der Waals surface area (Å²) in [7, 11) is -7.69. The zero-order valence-electron chi connectivity index (χ0n) is 16.7. The monoisotopic (exact) mass is 472 g/mol. The second-order valence-electron chi connectivity index (χ2n) is 6.71. The number of nitrogens with zero attached hydrogens (tertiary/aromatic N) is 4. The molecule has 4 aromatic rings. The molecule has 4 rings (SSSR count). The van der Waals surface area contributed by atoms with E-state index in [1.807, 2.05) is 36.4 Å². The molecule has 0 aliphatic heterocycles. The van der Waals surface area contributed by atoms with Crippen molar-refractivity contribution >= 4 is 20.0 Å². The third-order valence-corrected chi connectivity index (χ3v) is 7.32. The molecule has 0 bridgehead atoms. The average Bonchev–Trinajstić information content (AvgIpc) is 3.49. The van der Waals surface area contributed by atoms with E-state index in [1.165, 1.54) is 34.2 Å². The van der Waals surface area contributed by atoms with Crippen molar-refractivity contribution < 1.29 is 16.8 Å². The molecule has 2 aromatic heterocycles. The zero-order valence-corrected chi connectivity index (χ0v) is 18.4. The number of nitrogens with one attached hydrogen (secondary N) is 2. The van der Waals surface area contributed by atoms with Gasteiger partial charge in [0, 0.05) is 13.1 Å². The molecule has 10 nitrogen and oxygen atoms in total. The summed E-state index contributed by atoms with van der Waals surface area (Å²) in [5.74, 6) is 0. The Morgan fingerprint density at radius 1 is 0.625 bits per heavy atom. The van der Waals surface area contributed by atoms with Crippen LogP contribution in [-0.4, -0.2) is 49.5 Å². The highest BCUT2D eigenvalue weighted by Gasteiger charge is 2.19. The molecule has 0 amide bonds. The zero-order chi connectivity index (χ0) is 22.6. The summed E-state index contributed by atoms with van der Waals surface area (Å²) in [6, 6.07) is 18.2.